The number of nitrogens with two attached hydrogens (primary N) is 2. The van der Waals surface area contributed by atoms with Gasteiger partial charge in [-0.05, 0) is 12.3 Å². The topological polar surface area (TPSA) is 52.0 Å². The Balaban J connectivity index is 3.07. The van der Waals surface area contributed by atoms with Crippen LogP contribution < -0.4 is 11.5 Å². The van der Waals surface area contributed by atoms with Gasteiger partial charge in [0.15, 0.2) is 0 Å². The average molecular weight is 186 g/mol. The number of rotatable bonds is 8. The maximum Gasteiger partial charge on any atom is 0.0547 e. The predicted molar refractivity (Wildman–Crippen MR) is 59.3 cm³/mol. The van der Waals surface area contributed by atoms with Crippen molar-refractivity contribution in [3.63, 3.8) is 0 Å². The molecule has 0 saturated carbocycles. The van der Waals surface area contributed by atoms with Crippen LogP contribution in [0.25, 0.3) is 0 Å². The van der Waals surface area contributed by atoms with Crippen molar-refractivity contribution in [3.8, 4) is 0 Å². The molecule has 13 heavy (non-hydrogen) atoms. The molecule has 0 aliphatic heterocycles. The fourth-order valence-electron chi connectivity index (χ4n) is 1.44. The van der Waals surface area contributed by atoms with E-state index in [0.717, 1.165) is 0 Å². The van der Waals surface area contributed by atoms with Crippen LogP contribution in [0.3, 0.4) is 0 Å². The first kappa shape index (κ1) is 12.9. The van der Waals surface area contributed by atoms with E-state index in [1.165, 1.54) is 44.9 Å². The monoisotopic (exact) mass is 186 g/mol. The highest BCUT2D eigenvalue weighted by Crippen LogP contribution is 2.12. The second kappa shape index (κ2) is 8.52. The van der Waals surface area contributed by atoms with E-state index >= 15 is 0 Å². The molecule has 0 radical (unpaired) electrons. The molecule has 1 atom stereocenters. The van der Waals surface area contributed by atoms with Gasteiger partial charge in [0, 0.05) is 0 Å². The van der Waals surface area contributed by atoms with Crippen LogP contribution in [0.1, 0.15) is 58.8 Å². The highest BCUT2D eigenvalue weighted by atomic mass is 14.9. The molecule has 0 aliphatic rings. The quantitative estimate of drug-likeness (QED) is 0.452. The van der Waals surface area contributed by atoms with Gasteiger partial charge in [0.2, 0.25) is 0 Å². The van der Waals surface area contributed by atoms with Crippen molar-refractivity contribution in [2.24, 2.45) is 17.4 Å². The largest absolute Gasteiger partial charge is 0.316 e. The summed E-state index contributed by atoms with van der Waals surface area (Å²) in [6, 6.07) is 0. The first-order valence-corrected chi connectivity index (χ1v) is 5.69. The molecule has 80 valence electrons. The highest BCUT2D eigenvalue weighted by molar-refractivity contribution is 4.61. The Morgan fingerprint density at radius 1 is 0.923 bits per heavy atom. The molecule has 2 nitrogen and oxygen atoms in total. The summed E-state index contributed by atoms with van der Waals surface area (Å²) < 4.78 is 0. The summed E-state index contributed by atoms with van der Waals surface area (Å²) in [7, 11) is 0. The molecular formula is C11H26N2. The van der Waals surface area contributed by atoms with Crippen molar-refractivity contribution >= 4 is 0 Å². The lowest BCUT2D eigenvalue weighted by Crippen LogP contribution is -2.37. The normalized spacial score (nSPS) is 13.6. The molecule has 1 unspecified atom stereocenters. The maximum absolute atomic E-state index is 5.58. The third kappa shape index (κ3) is 8.26. The molecule has 0 rings (SSSR count). The van der Waals surface area contributed by atoms with E-state index in [9.17, 15) is 0 Å². The van der Waals surface area contributed by atoms with Crippen LogP contribution >= 0.6 is 0 Å². The maximum atomic E-state index is 5.58. The first-order chi connectivity index (χ1) is 6.18. The Labute approximate surface area is 83.1 Å². The van der Waals surface area contributed by atoms with Gasteiger partial charge in [0.25, 0.3) is 0 Å². The standard InChI is InChI=1S/C11H26N2/c1-3-4-5-6-7-8-9-10(2)11(12)13/h10-11H,3-9,12-13H2,1-2H3. The van der Waals surface area contributed by atoms with Gasteiger partial charge >= 0.3 is 0 Å². The lowest BCUT2D eigenvalue weighted by Gasteiger charge is -2.14. The van der Waals surface area contributed by atoms with Gasteiger partial charge in [-0.25, -0.2) is 0 Å². The zero-order valence-corrected chi connectivity index (χ0v) is 9.26. The second-order valence-corrected chi connectivity index (χ2v) is 4.11. The van der Waals surface area contributed by atoms with Gasteiger partial charge in [-0.3, -0.25) is 0 Å². The summed E-state index contributed by atoms with van der Waals surface area (Å²) in [5.74, 6) is 0.478. The Morgan fingerprint density at radius 2 is 1.46 bits per heavy atom. The van der Waals surface area contributed by atoms with Crippen molar-refractivity contribution in [1.29, 1.82) is 0 Å². The molecule has 0 aromatic heterocycles. The van der Waals surface area contributed by atoms with Gasteiger partial charge in [-0.2, -0.15) is 0 Å². The highest BCUT2D eigenvalue weighted by Gasteiger charge is 2.06. The fourth-order valence-corrected chi connectivity index (χ4v) is 1.44. The third-order valence-corrected chi connectivity index (χ3v) is 2.67. The minimum atomic E-state index is -0.129. The molecule has 0 fully saturated rings. The molecule has 0 saturated heterocycles. The third-order valence-electron chi connectivity index (χ3n) is 2.67. The van der Waals surface area contributed by atoms with Crippen LogP contribution in [-0.2, 0) is 0 Å². The van der Waals surface area contributed by atoms with Gasteiger partial charge in [0.1, 0.15) is 0 Å². The summed E-state index contributed by atoms with van der Waals surface area (Å²) in [4.78, 5) is 0. The molecule has 0 aliphatic carbocycles. The molecule has 0 aromatic carbocycles. The Kier molecular flexibility index (Phi) is 8.46. The smallest absolute Gasteiger partial charge is 0.0547 e. The number of hydrogen-bond acceptors (Lipinski definition) is 2. The van der Waals surface area contributed by atoms with Crippen LogP contribution in [0.5, 0.6) is 0 Å². The lowest BCUT2D eigenvalue weighted by molar-refractivity contribution is 0.412. The van der Waals surface area contributed by atoms with Crippen LogP contribution in [0, 0.1) is 5.92 Å². The van der Waals surface area contributed by atoms with E-state index in [1.54, 1.807) is 0 Å². The zero-order chi connectivity index (χ0) is 10.1. The molecule has 2 heteroatoms. The molecule has 0 aromatic rings. The summed E-state index contributed by atoms with van der Waals surface area (Å²) in [6.45, 7) is 4.38. The molecule has 4 N–H and O–H groups in total. The van der Waals surface area contributed by atoms with Crippen molar-refractivity contribution in [3.05, 3.63) is 0 Å². The van der Waals surface area contributed by atoms with Gasteiger partial charge in [0.05, 0.1) is 6.17 Å². The molecule has 0 bridgehead atoms. The van der Waals surface area contributed by atoms with Crippen molar-refractivity contribution in [2.75, 3.05) is 0 Å². The minimum absolute atomic E-state index is 0.129. The first-order valence-electron chi connectivity index (χ1n) is 5.69. The minimum Gasteiger partial charge on any atom is -0.316 e. The molecular weight excluding hydrogens is 160 g/mol. The summed E-state index contributed by atoms with van der Waals surface area (Å²) in [6.07, 6.45) is 9.16. The van der Waals surface area contributed by atoms with E-state index in [4.69, 9.17) is 11.5 Å². The predicted octanol–water partition coefficient (Wildman–Crippen LogP) is 2.62. The molecule has 0 heterocycles. The van der Waals surface area contributed by atoms with Gasteiger partial charge < -0.3 is 11.5 Å². The van der Waals surface area contributed by atoms with Crippen molar-refractivity contribution in [1.82, 2.24) is 0 Å². The SMILES string of the molecule is CCCCCCCCC(C)C(N)N. The zero-order valence-electron chi connectivity index (χ0n) is 9.26. The van der Waals surface area contributed by atoms with E-state index in [0.29, 0.717) is 5.92 Å². The van der Waals surface area contributed by atoms with Crippen molar-refractivity contribution in [2.45, 2.75) is 65.0 Å². The van der Waals surface area contributed by atoms with E-state index < -0.39 is 0 Å². The Hall–Kier alpha value is -0.0800. The van der Waals surface area contributed by atoms with E-state index in [-0.39, 0.29) is 6.17 Å². The van der Waals surface area contributed by atoms with Crippen LogP contribution in [0.4, 0.5) is 0 Å². The number of hydrogen-bond donors (Lipinski definition) is 2. The molecule has 0 spiro atoms. The van der Waals surface area contributed by atoms with Gasteiger partial charge in [-0.1, -0.05) is 52.4 Å². The van der Waals surface area contributed by atoms with Gasteiger partial charge in [-0.15, -0.1) is 0 Å². The van der Waals surface area contributed by atoms with Crippen LogP contribution in [0.15, 0.2) is 0 Å². The van der Waals surface area contributed by atoms with E-state index in [1.807, 2.05) is 0 Å². The summed E-state index contributed by atoms with van der Waals surface area (Å²) >= 11 is 0. The lowest BCUT2D eigenvalue weighted by atomic mass is 10.00. The summed E-state index contributed by atoms with van der Waals surface area (Å²) in [5.41, 5.74) is 11.2. The summed E-state index contributed by atoms with van der Waals surface area (Å²) in [5, 5.41) is 0. The van der Waals surface area contributed by atoms with Crippen LogP contribution in [0.2, 0.25) is 0 Å². The van der Waals surface area contributed by atoms with Crippen LogP contribution in [-0.4, -0.2) is 6.17 Å². The Bertz CT molecular complexity index is 102. The van der Waals surface area contributed by atoms with E-state index in [2.05, 4.69) is 13.8 Å². The number of unbranched alkanes of at least 4 members (excludes halogenated alkanes) is 5. The molecule has 0 amide bonds. The van der Waals surface area contributed by atoms with Crippen molar-refractivity contribution < 1.29 is 0 Å². The Morgan fingerprint density at radius 3 is 2.00 bits per heavy atom. The average Bonchev–Trinajstić information content (AvgIpc) is 2.10. The fraction of sp³-hybridized carbons (Fsp3) is 1.00. The second-order valence-electron chi connectivity index (χ2n) is 4.11.